The maximum absolute atomic E-state index is 9.15. The topological polar surface area (TPSA) is 55.5 Å². The quantitative estimate of drug-likeness (QED) is 0.523. The normalized spacial score (nSPS) is 30.7. The Bertz CT molecular complexity index is 81.1. The molecule has 9 heavy (non-hydrogen) atoms. The molecule has 0 radical (unpaired) electrons. The van der Waals surface area contributed by atoms with Gasteiger partial charge < -0.3 is 15.6 Å². The molecule has 0 bridgehead atoms. The molecular weight excluding hydrogens is 118 g/mol. The van der Waals surface area contributed by atoms with Gasteiger partial charge in [-0.3, -0.25) is 0 Å². The molecule has 0 saturated carbocycles. The lowest BCUT2D eigenvalue weighted by Gasteiger charge is -2.12. The molecule has 3 N–H and O–H groups in total. The van der Waals surface area contributed by atoms with Crippen LogP contribution >= 0.6 is 0 Å². The highest BCUT2D eigenvalue weighted by Crippen LogP contribution is 2.15. The van der Waals surface area contributed by atoms with E-state index in [0.29, 0.717) is 13.2 Å². The van der Waals surface area contributed by atoms with Crippen LogP contribution in [0.15, 0.2) is 0 Å². The summed E-state index contributed by atoms with van der Waals surface area (Å²) in [5, 5.41) is 9.15. The third kappa shape index (κ3) is 1.64. The maximum Gasteiger partial charge on any atom is 0.0713 e. The fourth-order valence-electron chi connectivity index (χ4n) is 1.05. The van der Waals surface area contributed by atoms with Gasteiger partial charge in [0.15, 0.2) is 0 Å². The highest BCUT2D eigenvalue weighted by Gasteiger charge is 2.22. The summed E-state index contributed by atoms with van der Waals surface area (Å²) in [6.07, 6.45) is 0.603. The van der Waals surface area contributed by atoms with Gasteiger partial charge in [-0.2, -0.15) is 0 Å². The van der Waals surface area contributed by atoms with Crippen molar-refractivity contribution in [2.24, 2.45) is 11.7 Å². The second-order valence-electron chi connectivity index (χ2n) is 2.43. The SMILES string of the molecule is NC[C@@H](O)[C@@H]1CCOC1. The zero-order valence-corrected chi connectivity index (χ0v) is 5.42. The molecule has 0 aromatic rings. The van der Waals surface area contributed by atoms with Gasteiger partial charge in [-0.1, -0.05) is 0 Å². The van der Waals surface area contributed by atoms with Gasteiger partial charge in [0, 0.05) is 19.1 Å². The predicted molar refractivity (Wildman–Crippen MR) is 34.0 cm³/mol. The van der Waals surface area contributed by atoms with Crippen LogP contribution in [0.2, 0.25) is 0 Å². The molecule has 1 fully saturated rings. The van der Waals surface area contributed by atoms with Gasteiger partial charge in [0.25, 0.3) is 0 Å². The predicted octanol–water partition coefficient (Wildman–Crippen LogP) is -0.658. The van der Waals surface area contributed by atoms with Gasteiger partial charge in [-0.25, -0.2) is 0 Å². The standard InChI is InChI=1S/C6H13NO2/c7-3-6(8)5-1-2-9-4-5/h5-6,8H,1-4,7H2/t5-,6-/m1/s1. The minimum absolute atomic E-state index is 0.287. The molecule has 1 aliphatic rings. The zero-order chi connectivity index (χ0) is 6.69. The molecular formula is C6H13NO2. The molecule has 0 unspecified atom stereocenters. The first-order valence-electron chi connectivity index (χ1n) is 3.30. The van der Waals surface area contributed by atoms with E-state index in [1.54, 1.807) is 0 Å². The summed E-state index contributed by atoms with van der Waals surface area (Å²) in [5.41, 5.74) is 5.25. The summed E-state index contributed by atoms with van der Waals surface area (Å²) < 4.78 is 5.06. The highest BCUT2D eigenvalue weighted by atomic mass is 16.5. The fourth-order valence-corrected chi connectivity index (χ4v) is 1.05. The van der Waals surface area contributed by atoms with Crippen LogP contribution in [0.3, 0.4) is 0 Å². The third-order valence-electron chi connectivity index (χ3n) is 1.75. The lowest BCUT2D eigenvalue weighted by molar-refractivity contribution is 0.0978. The first kappa shape index (κ1) is 6.99. The van der Waals surface area contributed by atoms with Gasteiger partial charge in [0.2, 0.25) is 0 Å². The Labute approximate surface area is 54.8 Å². The van der Waals surface area contributed by atoms with E-state index in [0.717, 1.165) is 13.0 Å². The molecule has 0 amide bonds. The molecule has 1 saturated heterocycles. The summed E-state index contributed by atoms with van der Waals surface area (Å²) in [7, 11) is 0. The Kier molecular flexibility index (Phi) is 2.45. The van der Waals surface area contributed by atoms with E-state index in [1.807, 2.05) is 0 Å². The average molecular weight is 131 g/mol. The molecule has 54 valence electrons. The van der Waals surface area contributed by atoms with Crippen LogP contribution in [-0.2, 0) is 4.74 Å². The van der Waals surface area contributed by atoms with E-state index in [9.17, 15) is 0 Å². The van der Waals surface area contributed by atoms with Gasteiger partial charge in [-0.15, -0.1) is 0 Å². The maximum atomic E-state index is 9.15. The van der Waals surface area contributed by atoms with E-state index in [-0.39, 0.29) is 12.0 Å². The molecule has 3 nitrogen and oxygen atoms in total. The zero-order valence-electron chi connectivity index (χ0n) is 5.42. The number of aliphatic hydroxyl groups is 1. The Balaban J connectivity index is 2.24. The smallest absolute Gasteiger partial charge is 0.0713 e. The fraction of sp³-hybridized carbons (Fsp3) is 1.00. The minimum Gasteiger partial charge on any atom is -0.391 e. The summed E-state index contributed by atoms with van der Waals surface area (Å²) in [6, 6.07) is 0. The van der Waals surface area contributed by atoms with Crippen LogP contribution in [0.5, 0.6) is 0 Å². The number of rotatable bonds is 2. The second kappa shape index (κ2) is 3.15. The van der Waals surface area contributed by atoms with Crippen LogP contribution in [0.4, 0.5) is 0 Å². The highest BCUT2D eigenvalue weighted by molar-refractivity contribution is 4.72. The molecule has 1 heterocycles. The van der Waals surface area contributed by atoms with Gasteiger partial charge in [0.1, 0.15) is 0 Å². The van der Waals surface area contributed by atoms with Crippen molar-refractivity contribution in [3.63, 3.8) is 0 Å². The van der Waals surface area contributed by atoms with Crippen molar-refractivity contribution in [1.29, 1.82) is 0 Å². The molecule has 0 aromatic carbocycles. The van der Waals surface area contributed by atoms with Crippen molar-refractivity contribution < 1.29 is 9.84 Å². The van der Waals surface area contributed by atoms with E-state index in [2.05, 4.69) is 0 Å². The van der Waals surface area contributed by atoms with Gasteiger partial charge >= 0.3 is 0 Å². The summed E-state index contributed by atoms with van der Waals surface area (Å²) in [5.74, 6) is 0.287. The lowest BCUT2D eigenvalue weighted by atomic mass is 10.0. The number of hydrogen-bond donors (Lipinski definition) is 2. The van der Waals surface area contributed by atoms with Crippen molar-refractivity contribution in [1.82, 2.24) is 0 Å². The number of aliphatic hydroxyl groups excluding tert-OH is 1. The molecule has 0 aromatic heterocycles. The second-order valence-corrected chi connectivity index (χ2v) is 2.43. The van der Waals surface area contributed by atoms with Crippen LogP contribution < -0.4 is 5.73 Å². The van der Waals surface area contributed by atoms with E-state index in [4.69, 9.17) is 15.6 Å². The molecule has 3 heteroatoms. The number of ether oxygens (including phenoxy) is 1. The molecule has 2 atom stereocenters. The minimum atomic E-state index is -0.354. The summed E-state index contributed by atoms with van der Waals surface area (Å²) >= 11 is 0. The van der Waals surface area contributed by atoms with Crippen LogP contribution in [0.1, 0.15) is 6.42 Å². The Hall–Kier alpha value is -0.120. The Morgan fingerprint density at radius 3 is 3.00 bits per heavy atom. The van der Waals surface area contributed by atoms with Crippen molar-refractivity contribution in [2.75, 3.05) is 19.8 Å². The Morgan fingerprint density at radius 1 is 1.78 bits per heavy atom. The summed E-state index contributed by atoms with van der Waals surface area (Å²) in [6.45, 7) is 1.81. The van der Waals surface area contributed by atoms with Crippen LogP contribution in [-0.4, -0.2) is 31.0 Å². The van der Waals surface area contributed by atoms with Crippen molar-refractivity contribution >= 4 is 0 Å². The number of nitrogens with two attached hydrogens (primary N) is 1. The molecule has 1 aliphatic heterocycles. The van der Waals surface area contributed by atoms with Crippen molar-refractivity contribution in [3.8, 4) is 0 Å². The van der Waals surface area contributed by atoms with Crippen LogP contribution in [0.25, 0.3) is 0 Å². The van der Waals surface area contributed by atoms with Gasteiger partial charge in [0.05, 0.1) is 12.7 Å². The summed E-state index contributed by atoms with van der Waals surface area (Å²) in [4.78, 5) is 0. The molecule has 0 aliphatic carbocycles. The van der Waals surface area contributed by atoms with Crippen molar-refractivity contribution in [3.05, 3.63) is 0 Å². The first-order valence-corrected chi connectivity index (χ1v) is 3.30. The molecule has 0 spiro atoms. The largest absolute Gasteiger partial charge is 0.391 e. The van der Waals surface area contributed by atoms with E-state index < -0.39 is 0 Å². The van der Waals surface area contributed by atoms with E-state index in [1.165, 1.54) is 0 Å². The monoisotopic (exact) mass is 131 g/mol. The van der Waals surface area contributed by atoms with Gasteiger partial charge in [-0.05, 0) is 6.42 Å². The lowest BCUT2D eigenvalue weighted by Crippen LogP contribution is -2.28. The third-order valence-corrected chi connectivity index (χ3v) is 1.75. The van der Waals surface area contributed by atoms with Crippen molar-refractivity contribution in [2.45, 2.75) is 12.5 Å². The number of hydrogen-bond acceptors (Lipinski definition) is 3. The van der Waals surface area contributed by atoms with E-state index >= 15 is 0 Å². The first-order chi connectivity index (χ1) is 4.34. The van der Waals surface area contributed by atoms with Crippen LogP contribution in [0, 0.1) is 5.92 Å². The Morgan fingerprint density at radius 2 is 2.56 bits per heavy atom. The average Bonchev–Trinajstić information content (AvgIpc) is 2.37. The molecule has 1 rings (SSSR count).